The first-order valence-corrected chi connectivity index (χ1v) is 7.55. The van der Waals surface area contributed by atoms with Crippen molar-refractivity contribution in [3.8, 4) is 0 Å². The Morgan fingerprint density at radius 3 is 2.64 bits per heavy atom. The molecule has 1 atom stereocenters. The lowest BCUT2D eigenvalue weighted by molar-refractivity contribution is -0.137. The number of hydrogen-bond donors (Lipinski definition) is 3. The van der Waals surface area contributed by atoms with Crippen molar-refractivity contribution in [3.63, 3.8) is 0 Å². The molecule has 0 radical (unpaired) electrons. The third-order valence-electron chi connectivity index (χ3n) is 4.31. The van der Waals surface area contributed by atoms with Gasteiger partial charge in [-0.3, -0.25) is 4.79 Å². The van der Waals surface area contributed by atoms with Gasteiger partial charge in [0.05, 0.1) is 17.7 Å². The number of hydrogen-bond acceptors (Lipinski definition) is 4. The van der Waals surface area contributed by atoms with E-state index in [2.05, 4.69) is 10.6 Å². The third kappa shape index (κ3) is 3.05. The fraction of sp³-hybridized carbons (Fsp3) is 0.294. The molecule has 0 bridgehead atoms. The van der Waals surface area contributed by atoms with E-state index in [0.29, 0.717) is 17.9 Å². The summed E-state index contributed by atoms with van der Waals surface area (Å²) in [6.45, 7) is 1.87. The van der Waals surface area contributed by atoms with Gasteiger partial charge in [0.1, 0.15) is 0 Å². The number of carboxylic acid groups (broad SMARTS) is 1. The maximum absolute atomic E-state index is 13.0. The van der Waals surface area contributed by atoms with E-state index in [1.807, 2.05) is 0 Å². The Kier molecular flexibility index (Phi) is 4.16. The number of Topliss-reactive ketones (excluding diaryl/α,β-unsaturated/α-hetero) is 1. The molecule has 0 saturated heterocycles. The third-order valence-corrected chi connectivity index (χ3v) is 4.31. The largest absolute Gasteiger partial charge is 0.478 e. The Bertz CT molecular complexity index is 825. The van der Waals surface area contributed by atoms with Crippen LogP contribution in [-0.2, 0) is 15.8 Å². The number of aliphatic carboxylic acids is 1. The summed E-state index contributed by atoms with van der Waals surface area (Å²) in [4.78, 5) is 24.1. The van der Waals surface area contributed by atoms with Crippen molar-refractivity contribution in [2.45, 2.75) is 19.0 Å². The van der Waals surface area contributed by atoms with E-state index in [4.69, 9.17) is 0 Å². The smallest absolute Gasteiger partial charge is 0.416 e. The highest BCUT2D eigenvalue weighted by atomic mass is 19.4. The standard InChI is InChI=1S/C17H15F3N2O3/c1-8-13(16(24)25)14(15-11(22-8)6-21-7-12(15)23)9-3-2-4-10(5-9)17(18,19)20/h2-5,14,21-22H,6-7H2,1H3,(H,24,25). The van der Waals surface area contributed by atoms with Crippen molar-refractivity contribution >= 4 is 11.8 Å². The second kappa shape index (κ2) is 6.03. The summed E-state index contributed by atoms with van der Waals surface area (Å²) in [5.74, 6) is -2.64. The summed E-state index contributed by atoms with van der Waals surface area (Å²) in [6.07, 6.45) is -4.56. The highest BCUT2D eigenvalue weighted by Gasteiger charge is 2.39. The van der Waals surface area contributed by atoms with Gasteiger partial charge in [0.2, 0.25) is 0 Å². The highest BCUT2D eigenvalue weighted by molar-refractivity contribution is 6.04. The molecule has 0 amide bonds. The molecule has 132 valence electrons. The zero-order chi connectivity index (χ0) is 18.4. The number of dihydropyridines is 1. The zero-order valence-electron chi connectivity index (χ0n) is 13.2. The van der Waals surface area contributed by atoms with E-state index < -0.39 is 23.6 Å². The van der Waals surface area contributed by atoms with E-state index in [9.17, 15) is 27.9 Å². The summed E-state index contributed by atoms with van der Waals surface area (Å²) in [5.41, 5.74) is 0.158. The van der Waals surface area contributed by atoms with E-state index in [1.165, 1.54) is 19.1 Å². The predicted octanol–water partition coefficient (Wildman–Crippen LogP) is 2.18. The van der Waals surface area contributed by atoms with Gasteiger partial charge < -0.3 is 15.7 Å². The van der Waals surface area contributed by atoms with E-state index in [1.54, 1.807) is 0 Å². The number of ketones is 1. The lowest BCUT2D eigenvalue weighted by Crippen LogP contribution is -2.43. The van der Waals surface area contributed by atoms with Crippen LogP contribution in [0.25, 0.3) is 0 Å². The maximum atomic E-state index is 13.0. The number of allylic oxidation sites excluding steroid dienone is 1. The molecule has 25 heavy (non-hydrogen) atoms. The quantitative estimate of drug-likeness (QED) is 0.760. The summed E-state index contributed by atoms with van der Waals surface area (Å²) in [5, 5.41) is 15.4. The molecular formula is C17H15F3N2O3. The van der Waals surface area contributed by atoms with Crippen LogP contribution in [-0.4, -0.2) is 29.9 Å². The Balaban J connectivity index is 2.21. The first-order chi connectivity index (χ1) is 11.7. The lowest BCUT2D eigenvalue weighted by Gasteiger charge is -2.34. The number of carboxylic acids is 1. The van der Waals surface area contributed by atoms with Crippen molar-refractivity contribution in [2.24, 2.45) is 0 Å². The zero-order valence-corrected chi connectivity index (χ0v) is 13.2. The second-order valence-electron chi connectivity index (χ2n) is 5.94. The number of alkyl halides is 3. The first-order valence-electron chi connectivity index (χ1n) is 7.55. The molecule has 5 nitrogen and oxygen atoms in total. The van der Waals surface area contributed by atoms with Crippen molar-refractivity contribution in [1.82, 2.24) is 10.6 Å². The molecule has 2 aliphatic heterocycles. The Morgan fingerprint density at radius 1 is 1.28 bits per heavy atom. The molecule has 0 aromatic heterocycles. The number of halogens is 3. The summed E-state index contributed by atoms with van der Waals surface area (Å²) in [6, 6.07) is 4.47. The molecule has 1 aromatic rings. The highest BCUT2D eigenvalue weighted by Crippen LogP contribution is 2.41. The van der Waals surface area contributed by atoms with Crippen LogP contribution >= 0.6 is 0 Å². The van der Waals surface area contributed by atoms with Crippen LogP contribution in [0.1, 0.15) is 24.0 Å². The summed E-state index contributed by atoms with van der Waals surface area (Å²) < 4.78 is 39.1. The Labute approximate surface area is 141 Å². The van der Waals surface area contributed by atoms with Crippen molar-refractivity contribution in [1.29, 1.82) is 0 Å². The second-order valence-corrected chi connectivity index (χ2v) is 5.94. The molecule has 1 unspecified atom stereocenters. The van der Waals surface area contributed by atoms with Gasteiger partial charge in [-0.2, -0.15) is 13.2 Å². The molecule has 0 spiro atoms. The normalized spacial score (nSPS) is 21.1. The number of carbonyl (C=O) groups is 2. The molecule has 8 heteroatoms. The molecule has 0 saturated carbocycles. The van der Waals surface area contributed by atoms with Gasteiger partial charge in [0.25, 0.3) is 0 Å². The molecule has 3 rings (SSSR count). The molecule has 2 heterocycles. The molecular weight excluding hydrogens is 337 g/mol. The van der Waals surface area contributed by atoms with Crippen LogP contribution in [0.15, 0.2) is 46.8 Å². The van der Waals surface area contributed by atoms with Crippen LogP contribution < -0.4 is 10.6 Å². The molecule has 2 aliphatic rings. The van der Waals surface area contributed by atoms with Crippen LogP contribution in [0, 0.1) is 0 Å². The Hall–Kier alpha value is -2.61. The van der Waals surface area contributed by atoms with Crippen LogP contribution in [0.5, 0.6) is 0 Å². The van der Waals surface area contributed by atoms with Gasteiger partial charge in [0.15, 0.2) is 5.78 Å². The van der Waals surface area contributed by atoms with Crippen LogP contribution in [0.3, 0.4) is 0 Å². The van der Waals surface area contributed by atoms with Crippen LogP contribution in [0.2, 0.25) is 0 Å². The lowest BCUT2D eigenvalue weighted by atomic mass is 9.77. The first kappa shape index (κ1) is 17.2. The monoisotopic (exact) mass is 352 g/mol. The number of carbonyl (C=O) groups excluding carboxylic acids is 1. The average molecular weight is 352 g/mol. The average Bonchev–Trinajstić information content (AvgIpc) is 2.52. The van der Waals surface area contributed by atoms with Gasteiger partial charge in [-0.05, 0) is 18.6 Å². The van der Waals surface area contributed by atoms with Gasteiger partial charge in [0, 0.05) is 29.4 Å². The number of benzene rings is 1. The van der Waals surface area contributed by atoms with Crippen molar-refractivity contribution in [2.75, 3.05) is 13.1 Å². The van der Waals surface area contributed by atoms with E-state index in [-0.39, 0.29) is 29.0 Å². The van der Waals surface area contributed by atoms with Gasteiger partial charge in [-0.25, -0.2) is 4.79 Å². The molecule has 1 aromatic carbocycles. The summed E-state index contributed by atoms with van der Waals surface area (Å²) in [7, 11) is 0. The van der Waals surface area contributed by atoms with Crippen molar-refractivity contribution in [3.05, 3.63) is 57.9 Å². The fourth-order valence-electron chi connectivity index (χ4n) is 3.27. The van der Waals surface area contributed by atoms with Gasteiger partial charge >= 0.3 is 12.1 Å². The minimum atomic E-state index is -4.56. The van der Waals surface area contributed by atoms with E-state index >= 15 is 0 Å². The van der Waals surface area contributed by atoms with Gasteiger partial charge in [-0.15, -0.1) is 0 Å². The fourth-order valence-corrected chi connectivity index (χ4v) is 3.27. The van der Waals surface area contributed by atoms with Crippen molar-refractivity contribution < 1.29 is 27.9 Å². The number of nitrogens with one attached hydrogen (secondary N) is 2. The molecule has 0 aliphatic carbocycles. The Morgan fingerprint density at radius 2 is 2.00 bits per heavy atom. The summed E-state index contributed by atoms with van der Waals surface area (Å²) >= 11 is 0. The maximum Gasteiger partial charge on any atom is 0.416 e. The topological polar surface area (TPSA) is 78.4 Å². The molecule has 3 N–H and O–H groups in total. The predicted molar refractivity (Wildman–Crippen MR) is 82.6 cm³/mol. The number of rotatable bonds is 2. The SMILES string of the molecule is CC1=C(C(=O)O)C(c2cccc(C(F)(F)F)c2)C2=C(CNCC2=O)N1. The minimum Gasteiger partial charge on any atom is -0.478 e. The minimum absolute atomic E-state index is 0.0158. The molecule has 0 fully saturated rings. The van der Waals surface area contributed by atoms with Gasteiger partial charge in [-0.1, -0.05) is 18.2 Å². The van der Waals surface area contributed by atoms with E-state index in [0.717, 1.165) is 12.1 Å². The van der Waals surface area contributed by atoms with Crippen LogP contribution in [0.4, 0.5) is 13.2 Å².